The number of piperazine rings is 1. The molecule has 0 saturated carbocycles. The van der Waals surface area contributed by atoms with E-state index in [1.165, 1.54) is 0 Å². The Labute approximate surface area is 183 Å². The molecular weight excluding hydrogens is 415 g/mol. The van der Waals surface area contributed by atoms with E-state index in [2.05, 4.69) is 10.0 Å². The SMILES string of the molecule is CCN(CC(=O)N1CCN(c2ccc(Cl)c(OC)c2)CC1)/N=C\C(C)Cl.CCO. The number of nitrogens with zero attached hydrogens (tertiary/aromatic N) is 4. The van der Waals surface area contributed by atoms with Gasteiger partial charge in [0.25, 0.3) is 0 Å². The number of alkyl halides is 1. The summed E-state index contributed by atoms with van der Waals surface area (Å²) < 4.78 is 5.28. The highest BCUT2D eigenvalue weighted by molar-refractivity contribution is 6.32. The van der Waals surface area contributed by atoms with Crippen molar-refractivity contribution in [1.29, 1.82) is 0 Å². The van der Waals surface area contributed by atoms with Crippen molar-refractivity contribution in [3.8, 4) is 5.75 Å². The average molecular weight is 447 g/mol. The molecule has 7 nitrogen and oxygen atoms in total. The zero-order valence-corrected chi connectivity index (χ0v) is 19.2. The Morgan fingerprint density at radius 2 is 1.97 bits per heavy atom. The van der Waals surface area contributed by atoms with Gasteiger partial charge in [-0.05, 0) is 32.9 Å². The summed E-state index contributed by atoms with van der Waals surface area (Å²) in [6.07, 6.45) is 1.64. The molecule has 1 unspecified atom stereocenters. The predicted octanol–water partition coefficient (Wildman–Crippen LogP) is 2.93. The molecule has 1 amide bonds. The number of benzene rings is 1. The molecule has 1 atom stereocenters. The smallest absolute Gasteiger partial charge is 0.243 e. The number of halogens is 2. The largest absolute Gasteiger partial charge is 0.495 e. The minimum absolute atomic E-state index is 0.0829. The summed E-state index contributed by atoms with van der Waals surface area (Å²) in [4.78, 5) is 16.6. The normalized spacial score (nSPS) is 15.0. The van der Waals surface area contributed by atoms with Crippen molar-refractivity contribution < 1.29 is 14.6 Å². The molecule has 1 aromatic carbocycles. The molecule has 9 heteroatoms. The van der Waals surface area contributed by atoms with E-state index >= 15 is 0 Å². The van der Waals surface area contributed by atoms with Crippen LogP contribution in [0.4, 0.5) is 5.69 Å². The first-order valence-electron chi connectivity index (χ1n) is 9.76. The number of hydrogen-bond acceptors (Lipinski definition) is 6. The molecule has 1 aliphatic heterocycles. The van der Waals surface area contributed by atoms with E-state index in [1.54, 1.807) is 25.3 Å². The summed E-state index contributed by atoms with van der Waals surface area (Å²) in [6.45, 7) is 9.56. The first-order chi connectivity index (χ1) is 13.9. The van der Waals surface area contributed by atoms with Crippen LogP contribution in [-0.4, -0.2) is 85.5 Å². The van der Waals surface area contributed by atoms with Crippen molar-refractivity contribution >= 4 is 41.0 Å². The molecule has 1 aliphatic rings. The second-order valence-electron chi connectivity index (χ2n) is 6.43. The third-order valence-electron chi connectivity index (χ3n) is 4.25. The fraction of sp³-hybridized carbons (Fsp3) is 0.600. The van der Waals surface area contributed by atoms with Gasteiger partial charge >= 0.3 is 0 Å². The standard InChI is InChI=1S/C18H26Cl2N4O2.C2H6O/c1-4-24(21-12-14(2)19)13-18(25)23-9-7-22(8-10-23)15-5-6-16(20)17(11-15)26-3;1-2-3/h5-6,11-12,14H,4,7-10,13H2,1-3H3;3H,2H2,1H3/b21-12-;. The number of methoxy groups -OCH3 is 1. The number of aliphatic hydroxyl groups excluding tert-OH is 1. The quantitative estimate of drug-likeness (QED) is 0.396. The Hall–Kier alpha value is -1.70. The van der Waals surface area contributed by atoms with Gasteiger partial charge < -0.3 is 19.6 Å². The second kappa shape index (κ2) is 13.5. The summed E-state index contributed by atoms with van der Waals surface area (Å²) in [6, 6.07) is 5.74. The van der Waals surface area contributed by atoms with Crippen molar-refractivity contribution in [3.05, 3.63) is 23.2 Å². The number of carbonyl (C=O) groups is 1. The number of hydrazone groups is 1. The molecule has 1 heterocycles. The zero-order chi connectivity index (χ0) is 21.8. The fourth-order valence-electron chi connectivity index (χ4n) is 2.74. The molecule has 0 aliphatic carbocycles. The Morgan fingerprint density at radius 1 is 1.34 bits per heavy atom. The summed E-state index contributed by atoms with van der Waals surface area (Å²) in [5.74, 6) is 0.743. The maximum absolute atomic E-state index is 12.5. The van der Waals surface area contributed by atoms with Crippen LogP contribution in [0.15, 0.2) is 23.3 Å². The molecule has 0 bridgehead atoms. The lowest BCUT2D eigenvalue weighted by Crippen LogP contribution is -2.51. The van der Waals surface area contributed by atoms with E-state index in [0.29, 0.717) is 30.4 Å². The van der Waals surface area contributed by atoms with Gasteiger partial charge in [-0.2, -0.15) is 5.10 Å². The number of aliphatic hydroxyl groups is 1. The summed E-state index contributed by atoms with van der Waals surface area (Å²) in [7, 11) is 1.61. The molecule has 1 saturated heterocycles. The molecule has 1 fully saturated rings. The van der Waals surface area contributed by atoms with Crippen molar-refractivity contribution in [1.82, 2.24) is 9.91 Å². The van der Waals surface area contributed by atoms with Crippen LogP contribution < -0.4 is 9.64 Å². The van der Waals surface area contributed by atoms with Gasteiger partial charge in [0.2, 0.25) is 5.91 Å². The number of hydrogen-bond donors (Lipinski definition) is 1. The van der Waals surface area contributed by atoms with E-state index in [-0.39, 0.29) is 24.4 Å². The van der Waals surface area contributed by atoms with Gasteiger partial charge in [-0.25, -0.2) is 0 Å². The van der Waals surface area contributed by atoms with E-state index < -0.39 is 0 Å². The molecule has 29 heavy (non-hydrogen) atoms. The van der Waals surface area contributed by atoms with Crippen LogP contribution in [0.2, 0.25) is 5.02 Å². The van der Waals surface area contributed by atoms with E-state index in [4.69, 9.17) is 33.0 Å². The maximum Gasteiger partial charge on any atom is 0.243 e. The molecule has 0 aromatic heterocycles. The third-order valence-corrected chi connectivity index (χ3v) is 4.68. The van der Waals surface area contributed by atoms with Gasteiger partial charge in [0.15, 0.2) is 0 Å². The molecule has 164 valence electrons. The maximum atomic E-state index is 12.5. The van der Waals surface area contributed by atoms with E-state index in [9.17, 15) is 4.79 Å². The topological polar surface area (TPSA) is 68.6 Å². The molecule has 0 spiro atoms. The van der Waals surface area contributed by atoms with Crippen molar-refractivity contribution in [3.63, 3.8) is 0 Å². The van der Waals surface area contributed by atoms with Gasteiger partial charge in [-0.3, -0.25) is 9.80 Å². The van der Waals surface area contributed by atoms with Gasteiger partial charge in [-0.1, -0.05) is 11.6 Å². The lowest BCUT2D eigenvalue weighted by Gasteiger charge is -2.36. The number of anilines is 1. The summed E-state index contributed by atoms with van der Waals surface area (Å²) in [5.41, 5.74) is 1.05. The van der Waals surface area contributed by atoms with Crippen molar-refractivity contribution in [2.45, 2.75) is 26.1 Å². The van der Waals surface area contributed by atoms with Crippen molar-refractivity contribution in [2.24, 2.45) is 5.10 Å². The Bertz CT molecular complexity index is 651. The lowest BCUT2D eigenvalue weighted by atomic mass is 10.2. The van der Waals surface area contributed by atoms with Crippen LogP contribution in [0, 0.1) is 0 Å². The zero-order valence-electron chi connectivity index (χ0n) is 17.6. The minimum atomic E-state index is -0.154. The highest BCUT2D eigenvalue weighted by atomic mass is 35.5. The first-order valence-corrected chi connectivity index (χ1v) is 10.6. The molecule has 2 rings (SSSR count). The molecular formula is C20H32Cl2N4O3. The molecule has 1 aromatic rings. The van der Waals surface area contributed by atoms with Crippen LogP contribution in [0.25, 0.3) is 0 Å². The van der Waals surface area contributed by atoms with Gasteiger partial charge in [-0.15, -0.1) is 11.6 Å². The summed E-state index contributed by atoms with van der Waals surface area (Å²) in [5, 5.41) is 14.0. The summed E-state index contributed by atoms with van der Waals surface area (Å²) >= 11 is 12.0. The van der Waals surface area contributed by atoms with Gasteiger partial charge in [0, 0.05) is 57.3 Å². The van der Waals surface area contributed by atoms with Gasteiger partial charge in [0.05, 0.1) is 17.5 Å². The number of carbonyl (C=O) groups excluding carboxylic acids is 1. The molecule has 1 N–H and O–H groups in total. The average Bonchev–Trinajstić information content (AvgIpc) is 2.72. The van der Waals surface area contributed by atoms with Gasteiger partial charge in [0.1, 0.15) is 12.3 Å². The Balaban J connectivity index is 0.00000132. The van der Waals surface area contributed by atoms with E-state index in [1.807, 2.05) is 36.9 Å². The predicted molar refractivity (Wildman–Crippen MR) is 121 cm³/mol. The number of ether oxygens (including phenoxy) is 1. The van der Waals surface area contributed by atoms with Crippen LogP contribution in [0.5, 0.6) is 5.75 Å². The second-order valence-corrected chi connectivity index (χ2v) is 7.52. The first kappa shape index (κ1) is 25.3. The highest BCUT2D eigenvalue weighted by Gasteiger charge is 2.22. The van der Waals surface area contributed by atoms with Crippen LogP contribution in [-0.2, 0) is 4.79 Å². The minimum Gasteiger partial charge on any atom is -0.495 e. The molecule has 0 radical (unpaired) electrons. The van der Waals surface area contributed by atoms with E-state index in [0.717, 1.165) is 18.8 Å². The van der Waals surface area contributed by atoms with Crippen LogP contribution >= 0.6 is 23.2 Å². The fourth-order valence-corrected chi connectivity index (χ4v) is 2.98. The van der Waals surface area contributed by atoms with Crippen LogP contribution in [0.1, 0.15) is 20.8 Å². The number of rotatable bonds is 7. The number of amides is 1. The Kier molecular flexibility index (Phi) is 11.8. The van der Waals surface area contributed by atoms with Crippen LogP contribution in [0.3, 0.4) is 0 Å². The Morgan fingerprint density at radius 3 is 2.48 bits per heavy atom. The number of likely N-dealkylation sites (N-methyl/N-ethyl adjacent to an activating group) is 1. The highest BCUT2D eigenvalue weighted by Crippen LogP contribution is 2.29. The third kappa shape index (κ3) is 8.68. The van der Waals surface area contributed by atoms with Crippen molar-refractivity contribution in [2.75, 3.05) is 57.9 Å². The monoisotopic (exact) mass is 446 g/mol. The lowest BCUT2D eigenvalue weighted by molar-refractivity contribution is -0.132.